The first-order valence-electron chi connectivity index (χ1n) is 7.16. The molecule has 1 aliphatic rings. The zero-order valence-corrected chi connectivity index (χ0v) is 13.0. The van der Waals surface area contributed by atoms with Gasteiger partial charge >= 0.3 is 7.12 Å². The summed E-state index contributed by atoms with van der Waals surface area (Å²) in [5, 5.41) is 4.54. The van der Waals surface area contributed by atoms with Crippen LogP contribution in [-0.4, -0.2) is 28.1 Å². The van der Waals surface area contributed by atoms with Gasteiger partial charge in [-0.2, -0.15) is 5.10 Å². The first-order valence-corrected chi connectivity index (χ1v) is 7.16. The predicted octanol–water partition coefficient (Wildman–Crippen LogP) is 2.29. The second-order valence-electron chi connectivity index (χ2n) is 6.37. The summed E-state index contributed by atoms with van der Waals surface area (Å²) in [5.41, 5.74) is 1.45. The van der Waals surface area contributed by atoms with Crippen LogP contribution in [0.25, 0.3) is 0 Å². The van der Waals surface area contributed by atoms with Gasteiger partial charge in [-0.1, -0.05) is 13.3 Å². The van der Waals surface area contributed by atoms with Crippen molar-refractivity contribution in [1.29, 1.82) is 0 Å². The monoisotopic (exact) mass is 264 g/mol. The molecule has 0 aliphatic carbocycles. The van der Waals surface area contributed by atoms with Crippen LogP contribution in [0, 0.1) is 6.92 Å². The van der Waals surface area contributed by atoms with E-state index in [-0.39, 0.29) is 18.3 Å². The number of hydrogen-bond donors (Lipinski definition) is 0. The summed E-state index contributed by atoms with van der Waals surface area (Å²) in [7, 11) is -0.305. The molecular formula is C14H25BN2O2. The highest BCUT2D eigenvalue weighted by Gasteiger charge is 2.52. The summed E-state index contributed by atoms with van der Waals surface area (Å²) in [6.07, 6.45) is 4.38. The van der Waals surface area contributed by atoms with Crippen LogP contribution in [0.2, 0.25) is 0 Å². The van der Waals surface area contributed by atoms with Crippen molar-refractivity contribution in [2.45, 2.75) is 72.1 Å². The second kappa shape index (κ2) is 4.95. The van der Waals surface area contributed by atoms with Crippen LogP contribution in [-0.2, 0) is 15.9 Å². The minimum Gasteiger partial charge on any atom is -0.399 e. The molecule has 0 spiro atoms. The van der Waals surface area contributed by atoms with Crippen molar-refractivity contribution in [2.24, 2.45) is 0 Å². The Labute approximate surface area is 116 Å². The van der Waals surface area contributed by atoms with Crippen molar-refractivity contribution in [3.63, 3.8) is 0 Å². The highest BCUT2D eigenvalue weighted by Crippen LogP contribution is 2.36. The van der Waals surface area contributed by atoms with Gasteiger partial charge in [-0.05, 0) is 41.0 Å². The summed E-state index contributed by atoms with van der Waals surface area (Å²) in [5.74, 6) is 0. The van der Waals surface area contributed by atoms with E-state index in [4.69, 9.17) is 9.31 Å². The normalized spacial score (nSPS) is 21.1. The average molecular weight is 264 g/mol. The van der Waals surface area contributed by atoms with Crippen LogP contribution in [0.15, 0.2) is 6.20 Å². The van der Waals surface area contributed by atoms with Crippen LogP contribution < -0.4 is 5.46 Å². The second-order valence-corrected chi connectivity index (χ2v) is 6.37. The third kappa shape index (κ3) is 2.72. The number of aromatic nitrogens is 2. The summed E-state index contributed by atoms with van der Waals surface area (Å²) in [4.78, 5) is 0. The number of hydrogen-bond acceptors (Lipinski definition) is 3. The highest BCUT2D eigenvalue weighted by atomic mass is 16.7. The highest BCUT2D eigenvalue weighted by molar-refractivity contribution is 6.62. The molecule has 4 nitrogen and oxygen atoms in total. The maximum absolute atomic E-state index is 6.07. The lowest BCUT2D eigenvalue weighted by atomic mass is 9.79. The van der Waals surface area contributed by atoms with Crippen LogP contribution in [0.4, 0.5) is 0 Å². The number of unbranched alkanes of at least 4 members (excludes halogenated alkanes) is 1. The van der Waals surface area contributed by atoms with Gasteiger partial charge in [0.25, 0.3) is 0 Å². The molecule has 0 radical (unpaired) electrons. The molecule has 2 heterocycles. The molecule has 2 rings (SSSR count). The number of aryl methyl sites for hydroxylation is 2. The molecular weight excluding hydrogens is 239 g/mol. The van der Waals surface area contributed by atoms with Gasteiger partial charge < -0.3 is 9.31 Å². The SMILES string of the molecule is CCCCn1cc(B2OC(C)(C)C(C)(C)O2)c(C)n1. The number of rotatable bonds is 4. The van der Waals surface area contributed by atoms with E-state index in [2.05, 4.69) is 45.9 Å². The standard InChI is InChI=1S/C14H25BN2O2/c1-7-8-9-17-10-12(11(2)16-17)15-18-13(3,4)14(5,6)19-15/h10H,7-9H2,1-6H3. The molecule has 1 aromatic heterocycles. The van der Waals surface area contributed by atoms with E-state index in [9.17, 15) is 0 Å². The summed E-state index contributed by atoms with van der Waals surface area (Å²) in [6.45, 7) is 13.5. The lowest BCUT2D eigenvalue weighted by Gasteiger charge is -2.32. The molecule has 0 saturated carbocycles. The molecule has 0 bridgehead atoms. The van der Waals surface area contributed by atoms with Gasteiger partial charge in [0.15, 0.2) is 0 Å². The topological polar surface area (TPSA) is 36.3 Å². The van der Waals surface area contributed by atoms with Gasteiger partial charge in [0.05, 0.1) is 16.9 Å². The molecule has 1 fully saturated rings. The molecule has 0 atom stereocenters. The molecule has 5 heteroatoms. The van der Waals surface area contributed by atoms with Gasteiger partial charge in [-0.15, -0.1) is 0 Å². The summed E-state index contributed by atoms with van der Waals surface area (Å²) < 4.78 is 14.1. The maximum atomic E-state index is 6.07. The number of nitrogens with zero attached hydrogens (tertiary/aromatic N) is 2. The minimum atomic E-state index is -0.305. The molecule has 19 heavy (non-hydrogen) atoms. The van der Waals surface area contributed by atoms with Gasteiger partial charge in [0, 0.05) is 18.2 Å². The minimum absolute atomic E-state index is 0.296. The zero-order chi connectivity index (χ0) is 14.3. The van der Waals surface area contributed by atoms with Crippen molar-refractivity contribution in [1.82, 2.24) is 9.78 Å². The fourth-order valence-electron chi connectivity index (χ4n) is 2.17. The van der Waals surface area contributed by atoms with Gasteiger partial charge in [0.2, 0.25) is 0 Å². The molecule has 0 unspecified atom stereocenters. The Bertz CT molecular complexity index is 438. The van der Waals surface area contributed by atoms with Crippen LogP contribution >= 0.6 is 0 Å². The molecule has 106 valence electrons. The van der Waals surface area contributed by atoms with Crippen molar-refractivity contribution in [2.75, 3.05) is 0 Å². The Balaban J connectivity index is 2.18. The summed E-state index contributed by atoms with van der Waals surface area (Å²) >= 11 is 0. The van der Waals surface area contributed by atoms with Crippen LogP contribution in [0.1, 0.15) is 53.2 Å². The van der Waals surface area contributed by atoms with E-state index in [1.54, 1.807) is 0 Å². The fourth-order valence-corrected chi connectivity index (χ4v) is 2.17. The molecule has 0 aromatic carbocycles. The van der Waals surface area contributed by atoms with Crippen molar-refractivity contribution in [3.05, 3.63) is 11.9 Å². The maximum Gasteiger partial charge on any atom is 0.498 e. The van der Waals surface area contributed by atoms with Crippen molar-refractivity contribution < 1.29 is 9.31 Å². The molecule has 0 amide bonds. The lowest BCUT2D eigenvalue weighted by Crippen LogP contribution is -2.41. The van der Waals surface area contributed by atoms with Gasteiger partial charge in [-0.3, -0.25) is 4.68 Å². The largest absolute Gasteiger partial charge is 0.498 e. The van der Waals surface area contributed by atoms with Gasteiger partial charge in [-0.25, -0.2) is 0 Å². The van der Waals surface area contributed by atoms with E-state index in [0.717, 1.165) is 24.1 Å². The van der Waals surface area contributed by atoms with Crippen molar-refractivity contribution >= 4 is 12.6 Å². The Kier molecular flexibility index (Phi) is 3.80. The van der Waals surface area contributed by atoms with E-state index in [0.29, 0.717) is 0 Å². The third-order valence-corrected chi connectivity index (χ3v) is 4.23. The van der Waals surface area contributed by atoms with Crippen molar-refractivity contribution in [3.8, 4) is 0 Å². The van der Waals surface area contributed by atoms with E-state index >= 15 is 0 Å². The molecule has 1 aliphatic heterocycles. The Morgan fingerprint density at radius 2 is 1.79 bits per heavy atom. The summed E-state index contributed by atoms with van der Waals surface area (Å²) in [6, 6.07) is 0. The first-order chi connectivity index (χ1) is 8.77. The molecule has 0 N–H and O–H groups in total. The molecule has 1 aromatic rings. The fraction of sp³-hybridized carbons (Fsp3) is 0.786. The quantitative estimate of drug-likeness (QED) is 0.783. The van der Waals surface area contributed by atoms with Gasteiger partial charge in [0.1, 0.15) is 0 Å². The smallest absolute Gasteiger partial charge is 0.399 e. The Morgan fingerprint density at radius 1 is 1.21 bits per heavy atom. The molecule has 1 saturated heterocycles. The van der Waals surface area contributed by atoms with E-state index in [1.807, 2.05) is 11.6 Å². The average Bonchev–Trinajstić information content (AvgIpc) is 2.75. The van der Waals surface area contributed by atoms with Crippen LogP contribution in [0.5, 0.6) is 0 Å². The predicted molar refractivity (Wildman–Crippen MR) is 77.6 cm³/mol. The Morgan fingerprint density at radius 3 is 2.32 bits per heavy atom. The first kappa shape index (κ1) is 14.6. The Hall–Kier alpha value is -0.805. The lowest BCUT2D eigenvalue weighted by molar-refractivity contribution is 0.00578. The zero-order valence-electron chi connectivity index (χ0n) is 13.0. The van der Waals surface area contributed by atoms with E-state index in [1.165, 1.54) is 6.42 Å². The van der Waals surface area contributed by atoms with Crippen LogP contribution in [0.3, 0.4) is 0 Å². The third-order valence-electron chi connectivity index (χ3n) is 4.23. The van der Waals surface area contributed by atoms with E-state index < -0.39 is 0 Å².